The zero-order valence-corrected chi connectivity index (χ0v) is 14.2. The predicted molar refractivity (Wildman–Crippen MR) is 81.1 cm³/mol. The minimum Gasteiger partial charge on any atom is -0.323 e. The fraction of sp³-hybridized carbons (Fsp3) is 0.538. The fourth-order valence-electron chi connectivity index (χ4n) is 1.79. The number of hydrogen-bond donors (Lipinski definition) is 0. The largest absolute Gasteiger partial charge is 0.374 e. The molecule has 5 nitrogen and oxygen atoms in total. The van der Waals surface area contributed by atoms with E-state index in [4.69, 9.17) is 13.6 Å². The lowest BCUT2D eigenvalue weighted by molar-refractivity contribution is 0.198. The highest BCUT2D eigenvalue weighted by Crippen LogP contribution is 2.69. The van der Waals surface area contributed by atoms with E-state index < -0.39 is 20.6 Å². The summed E-state index contributed by atoms with van der Waals surface area (Å²) in [6, 6.07) is 7.88. The first kappa shape index (κ1) is 18.5. The molecule has 0 saturated heterocycles. The summed E-state index contributed by atoms with van der Waals surface area (Å²) in [7, 11) is -8.21. The molecule has 0 bridgehead atoms. The molecule has 0 radical (unpaired) electrons. The van der Waals surface area contributed by atoms with Gasteiger partial charge in [0.2, 0.25) is 0 Å². The Bertz CT molecular complexity index is 513. The molecule has 0 heterocycles. The Hall–Kier alpha value is -0.510. The van der Waals surface area contributed by atoms with Crippen LogP contribution in [0.5, 0.6) is 0 Å². The maximum absolute atomic E-state index is 14.8. The first-order valence-electron chi connectivity index (χ1n) is 6.77. The molecule has 1 rings (SSSR count). The molecule has 1 aromatic rings. The molecule has 0 aliphatic rings. The lowest BCUT2D eigenvalue weighted by atomic mass is 10.4. The van der Waals surface area contributed by atoms with Crippen molar-refractivity contribution in [3.63, 3.8) is 0 Å². The summed E-state index contributed by atoms with van der Waals surface area (Å²) in [5.41, 5.74) is -2.35. The molecule has 0 aliphatic carbocycles. The molecule has 0 N–H and O–H groups in total. The molecule has 0 saturated carbocycles. The van der Waals surface area contributed by atoms with Gasteiger partial charge in [-0.05, 0) is 32.9 Å². The van der Waals surface area contributed by atoms with Gasteiger partial charge < -0.3 is 13.6 Å². The highest BCUT2D eigenvalue weighted by molar-refractivity contribution is 7.79. The standard InChI is InChI=1S/C13H21FO5P2/c1-4-17-20(15,12-10-8-7-9-11-12)13(14)21(16,18-5-2)19-6-3/h7-11,13H,4-6H2,1-3H3/t13-,20+/m1/s1. The third-order valence-corrected chi connectivity index (χ3v) is 8.34. The maximum atomic E-state index is 14.8. The van der Waals surface area contributed by atoms with Crippen LogP contribution in [0.1, 0.15) is 20.8 Å². The molecular formula is C13H21FO5P2. The van der Waals surface area contributed by atoms with Crippen LogP contribution in [0.25, 0.3) is 0 Å². The van der Waals surface area contributed by atoms with E-state index in [1.807, 2.05) is 0 Å². The molecule has 0 fully saturated rings. The first-order valence-corrected chi connectivity index (χ1v) is 10.1. The molecule has 2 atom stereocenters. The van der Waals surface area contributed by atoms with Crippen LogP contribution in [0, 0.1) is 0 Å². The molecule has 0 aliphatic heterocycles. The Balaban J connectivity index is 3.26. The van der Waals surface area contributed by atoms with Crippen molar-refractivity contribution in [1.82, 2.24) is 0 Å². The minimum absolute atomic E-state index is 0.0153. The van der Waals surface area contributed by atoms with Gasteiger partial charge in [0, 0.05) is 5.30 Å². The summed E-state index contributed by atoms with van der Waals surface area (Å²) in [5.74, 6) is 0. The first-order chi connectivity index (χ1) is 9.94. The quantitative estimate of drug-likeness (QED) is 0.633. The normalized spacial score (nSPS) is 16.4. The third kappa shape index (κ3) is 4.24. The lowest BCUT2D eigenvalue weighted by Crippen LogP contribution is -2.19. The molecule has 0 amide bonds. The molecule has 0 spiro atoms. The van der Waals surface area contributed by atoms with Crippen LogP contribution in [-0.2, 0) is 22.7 Å². The Morgan fingerprint density at radius 3 is 1.86 bits per heavy atom. The monoisotopic (exact) mass is 338 g/mol. The van der Waals surface area contributed by atoms with Gasteiger partial charge in [0.05, 0.1) is 19.8 Å². The van der Waals surface area contributed by atoms with E-state index in [0.29, 0.717) is 0 Å². The molecule has 0 unspecified atom stereocenters. The molecule has 21 heavy (non-hydrogen) atoms. The van der Waals surface area contributed by atoms with E-state index in [-0.39, 0.29) is 25.1 Å². The molecular weight excluding hydrogens is 317 g/mol. The zero-order chi connectivity index (χ0) is 15.9. The van der Waals surface area contributed by atoms with Crippen molar-refractivity contribution in [3.8, 4) is 0 Å². The van der Waals surface area contributed by atoms with Crippen LogP contribution in [0.3, 0.4) is 0 Å². The van der Waals surface area contributed by atoms with Crippen LogP contribution in [0.4, 0.5) is 4.39 Å². The van der Waals surface area contributed by atoms with Gasteiger partial charge in [0.1, 0.15) is 0 Å². The van der Waals surface area contributed by atoms with Crippen LogP contribution in [0.15, 0.2) is 30.3 Å². The second kappa shape index (κ2) is 8.21. The highest BCUT2D eigenvalue weighted by atomic mass is 31.2. The Morgan fingerprint density at radius 1 is 0.952 bits per heavy atom. The van der Waals surface area contributed by atoms with Crippen molar-refractivity contribution in [2.24, 2.45) is 0 Å². The Morgan fingerprint density at radius 2 is 1.43 bits per heavy atom. The average molecular weight is 338 g/mol. The van der Waals surface area contributed by atoms with Crippen LogP contribution >= 0.6 is 15.0 Å². The second-order valence-corrected chi connectivity index (χ2v) is 8.92. The highest BCUT2D eigenvalue weighted by Gasteiger charge is 2.51. The van der Waals surface area contributed by atoms with Crippen molar-refractivity contribution in [3.05, 3.63) is 30.3 Å². The van der Waals surface area contributed by atoms with Crippen LogP contribution in [-0.4, -0.2) is 25.5 Å². The van der Waals surface area contributed by atoms with Crippen molar-refractivity contribution >= 4 is 20.3 Å². The average Bonchev–Trinajstić information content (AvgIpc) is 2.48. The van der Waals surface area contributed by atoms with E-state index in [1.165, 1.54) is 12.1 Å². The van der Waals surface area contributed by atoms with Gasteiger partial charge in [-0.2, -0.15) is 0 Å². The smallest absolute Gasteiger partial charge is 0.323 e. The van der Waals surface area contributed by atoms with Crippen molar-refractivity contribution in [2.45, 2.75) is 26.4 Å². The van der Waals surface area contributed by atoms with Gasteiger partial charge in [0.15, 0.2) is 0 Å². The topological polar surface area (TPSA) is 61.8 Å². The van der Waals surface area contributed by atoms with Crippen molar-refractivity contribution < 1.29 is 27.1 Å². The van der Waals surface area contributed by atoms with E-state index in [0.717, 1.165) is 0 Å². The van der Waals surface area contributed by atoms with Crippen molar-refractivity contribution in [2.75, 3.05) is 19.8 Å². The summed E-state index contributed by atoms with van der Waals surface area (Å²) in [6.45, 7) is 4.70. The van der Waals surface area contributed by atoms with Crippen molar-refractivity contribution in [1.29, 1.82) is 0 Å². The maximum Gasteiger partial charge on any atom is 0.374 e. The minimum atomic E-state index is -4.18. The molecule has 1 aromatic carbocycles. The van der Waals surface area contributed by atoms with Gasteiger partial charge >= 0.3 is 7.60 Å². The number of alkyl halides is 1. The SMILES string of the molecule is CCOP(=O)(OCC)[C@H](F)[P@@](=O)(OCC)c1ccccc1. The van der Waals surface area contributed by atoms with Gasteiger partial charge in [-0.25, -0.2) is 4.39 Å². The number of benzene rings is 1. The zero-order valence-electron chi connectivity index (χ0n) is 12.4. The number of hydrogen-bond acceptors (Lipinski definition) is 5. The summed E-state index contributed by atoms with van der Waals surface area (Å²) >= 11 is 0. The van der Waals surface area contributed by atoms with Gasteiger partial charge in [-0.3, -0.25) is 9.13 Å². The van der Waals surface area contributed by atoms with E-state index in [2.05, 4.69) is 0 Å². The lowest BCUT2D eigenvalue weighted by Gasteiger charge is -2.27. The van der Waals surface area contributed by atoms with E-state index >= 15 is 0 Å². The molecule has 120 valence electrons. The number of rotatable bonds is 9. The van der Waals surface area contributed by atoms with Gasteiger partial charge in [-0.15, -0.1) is 0 Å². The van der Waals surface area contributed by atoms with Crippen LogP contribution in [0.2, 0.25) is 0 Å². The summed E-state index contributed by atoms with van der Waals surface area (Å²) < 4.78 is 55.4. The Labute approximate surface area is 124 Å². The predicted octanol–water partition coefficient (Wildman–Crippen LogP) is 4.15. The molecule has 0 aromatic heterocycles. The van der Waals surface area contributed by atoms with E-state index in [1.54, 1.807) is 39.0 Å². The van der Waals surface area contributed by atoms with E-state index in [9.17, 15) is 13.5 Å². The summed E-state index contributed by atoms with van der Waals surface area (Å²) in [4.78, 5) is 0. The van der Waals surface area contributed by atoms with Gasteiger partial charge in [-0.1, -0.05) is 18.2 Å². The fourth-order valence-corrected chi connectivity index (χ4v) is 6.81. The number of halogens is 1. The Kier molecular flexibility index (Phi) is 7.25. The van der Waals surface area contributed by atoms with Gasteiger partial charge in [0.25, 0.3) is 13.0 Å². The molecule has 8 heteroatoms. The second-order valence-electron chi connectivity index (χ2n) is 4.04. The summed E-state index contributed by atoms with van der Waals surface area (Å²) in [6.07, 6.45) is 0. The summed E-state index contributed by atoms with van der Waals surface area (Å²) in [5, 5.41) is 0.152. The van der Waals surface area contributed by atoms with Crippen LogP contribution < -0.4 is 5.30 Å². The third-order valence-electron chi connectivity index (χ3n) is 2.60.